The van der Waals surface area contributed by atoms with Crippen LogP contribution in [0.15, 0.2) is 42.5 Å². The Bertz CT molecular complexity index is 509. The molecule has 0 radical (unpaired) electrons. The Morgan fingerprint density at radius 3 is 2.38 bits per heavy atom. The molecule has 2 aromatic rings. The van der Waals surface area contributed by atoms with E-state index in [1.54, 1.807) is 6.07 Å². The zero-order chi connectivity index (χ0) is 11.5. The molecule has 2 aromatic carbocycles. The normalized spacial score (nSPS) is 10.4. The van der Waals surface area contributed by atoms with E-state index >= 15 is 0 Å². The highest BCUT2D eigenvalue weighted by atomic mass is 35.5. The lowest BCUT2D eigenvalue weighted by Crippen LogP contribution is -1.98. The summed E-state index contributed by atoms with van der Waals surface area (Å²) in [7, 11) is 0. The van der Waals surface area contributed by atoms with Gasteiger partial charge < -0.3 is 5.73 Å². The quantitative estimate of drug-likeness (QED) is 0.854. The van der Waals surface area contributed by atoms with Gasteiger partial charge in [-0.1, -0.05) is 53.5 Å². The molecule has 82 valence electrons. The third-order valence-corrected chi connectivity index (χ3v) is 3.01. The first kappa shape index (κ1) is 11.5. The number of nitrogens with two attached hydrogens (primary N) is 1. The molecule has 0 atom stereocenters. The second-order valence-corrected chi connectivity index (χ2v) is 4.33. The molecule has 2 N–H and O–H groups in total. The van der Waals surface area contributed by atoms with Crippen LogP contribution in [0.4, 0.5) is 0 Å². The smallest absolute Gasteiger partial charge is 0.0499 e. The van der Waals surface area contributed by atoms with Crippen molar-refractivity contribution in [3.05, 3.63) is 58.1 Å². The molecule has 0 amide bonds. The third-order valence-electron chi connectivity index (χ3n) is 2.46. The monoisotopic (exact) mass is 251 g/mol. The van der Waals surface area contributed by atoms with Gasteiger partial charge in [0.15, 0.2) is 0 Å². The molecule has 0 heterocycles. The number of rotatable bonds is 2. The Morgan fingerprint density at radius 2 is 1.69 bits per heavy atom. The van der Waals surface area contributed by atoms with Crippen LogP contribution in [-0.2, 0) is 6.54 Å². The van der Waals surface area contributed by atoms with E-state index in [2.05, 4.69) is 0 Å². The molecular formula is C13H11Cl2N. The zero-order valence-electron chi connectivity index (χ0n) is 8.58. The highest BCUT2D eigenvalue weighted by molar-refractivity contribution is 6.36. The first-order valence-corrected chi connectivity index (χ1v) is 5.71. The maximum atomic E-state index is 6.17. The standard InChI is InChI=1S/C13H11Cl2N/c14-10-5-6-12(13(15)7-10)11-4-2-1-3-9(11)8-16/h1-7H,8,16H2. The number of halogens is 2. The van der Waals surface area contributed by atoms with Crippen molar-refractivity contribution >= 4 is 23.2 Å². The van der Waals surface area contributed by atoms with Crippen LogP contribution < -0.4 is 5.73 Å². The predicted molar refractivity (Wildman–Crippen MR) is 69.8 cm³/mol. The van der Waals surface area contributed by atoms with Crippen molar-refractivity contribution in [2.24, 2.45) is 5.73 Å². The second kappa shape index (κ2) is 4.88. The molecule has 2 rings (SSSR count). The SMILES string of the molecule is NCc1ccccc1-c1ccc(Cl)cc1Cl. The van der Waals surface area contributed by atoms with Gasteiger partial charge in [-0.3, -0.25) is 0 Å². The van der Waals surface area contributed by atoms with Gasteiger partial charge >= 0.3 is 0 Å². The van der Waals surface area contributed by atoms with Crippen molar-refractivity contribution in [3.8, 4) is 11.1 Å². The van der Waals surface area contributed by atoms with Gasteiger partial charge in [0.1, 0.15) is 0 Å². The summed E-state index contributed by atoms with van der Waals surface area (Å²) in [5, 5.41) is 1.28. The molecule has 0 aliphatic heterocycles. The van der Waals surface area contributed by atoms with Gasteiger partial charge in [0.2, 0.25) is 0 Å². The fraction of sp³-hybridized carbons (Fsp3) is 0.0769. The van der Waals surface area contributed by atoms with Crippen molar-refractivity contribution in [2.45, 2.75) is 6.54 Å². The van der Waals surface area contributed by atoms with Crippen molar-refractivity contribution in [3.63, 3.8) is 0 Å². The van der Waals surface area contributed by atoms with E-state index in [0.29, 0.717) is 16.6 Å². The molecule has 0 unspecified atom stereocenters. The minimum atomic E-state index is 0.495. The summed E-state index contributed by atoms with van der Waals surface area (Å²) in [5.41, 5.74) is 8.80. The summed E-state index contributed by atoms with van der Waals surface area (Å²) in [6, 6.07) is 13.4. The van der Waals surface area contributed by atoms with E-state index in [9.17, 15) is 0 Å². The minimum absolute atomic E-state index is 0.495. The fourth-order valence-electron chi connectivity index (χ4n) is 1.67. The Hall–Kier alpha value is -1.02. The molecule has 3 heteroatoms. The van der Waals surface area contributed by atoms with Gasteiger partial charge in [-0.05, 0) is 23.3 Å². The molecule has 0 fully saturated rings. The van der Waals surface area contributed by atoms with E-state index in [1.807, 2.05) is 36.4 Å². The van der Waals surface area contributed by atoms with Crippen molar-refractivity contribution in [1.29, 1.82) is 0 Å². The number of hydrogen-bond acceptors (Lipinski definition) is 1. The first-order valence-electron chi connectivity index (χ1n) is 4.96. The minimum Gasteiger partial charge on any atom is -0.326 e. The zero-order valence-corrected chi connectivity index (χ0v) is 10.1. The Labute approximate surface area is 105 Å². The molecule has 0 bridgehead atoms. The van der Waals surface area contributed by atoms with Gasteiger partial charge in [-0.15, -0.1) is 0 Å². The lowest BCUT2D eigenvalue weighted by Gasteiger charge is -2.09. The molecule has 0 aromatic heterocycles. The van der Waals surface area contributed by atoms with Crippen LogP contribution >= 0.6 is 23.2 Å². The van der Waals surface area contributed by atoms with Crippen LogP contribution in [0.3, 0.4) is 0 Å². The summed E-state index contributed by atoms with van der Waals surface area (Å²) in [6.07, 6.45) is 0. The van der Waals surface area contributed by atoms with Crippen molar-refractivity contribution in [1.82, 2.24) is 0 Å². The highest BCUT2D eigenvalue weighted by Gasteiger charge is 2.07. The Balaban J connectivity index is 2.58. The number of hydrogen-bond donors (Lipinski definition) is 1. The Kier molecular flexibility index (Phi) is 3.49. The maximum absolute atomic E-state index is 6.17. The first-order chi connectivity index (χ1) is 7.72. The lowest BCUT2D eigenvalue weighted by atomic mass is 10.00. The largest absolute Gasteiger partial charge is 0.326 e. The van der Waals surface area contributed by atoms with Crippen LogP contribution in [0.5, 0.6) is 0 Å². The topological polar surface area (TPSA) is 26.0 Å². The lowest BCUT2D eigenvalue weighted by molar-refractivity contribution is 1.07. The van der Waals surface area contributed by atoms with Crippen LogP contribution in [0, 0.1) is 0 Å². The number of benzene rings is 2. The van der Waals surface area contributed by atoms with Crippen LogP contribution in [0.1, 0.15) is 5.56 Å². The van der Waals surface area contributed by atoms with Gasteiger partial charge in [0.05, 0.1) is 0 Å². The molecule has 16 heavy (non-hydrogen) atoms. The maximum Gasteiger partial charge on any atom is 0.0499 e. The van der Waals surface area contributed by atoms with Crippen LogP contribution in [0.2, 0.25) is 10.0 Å². The van der Waals surface area contributed by atoms with E-state index < -0.39 is 0 Å². The second-order valence-electron chi connectivity index (χ2n) is 3.49. The average Bonchev–Trinajstić information content (AvgIpc) is 2.29. The van der Waals surface area contributed by atoms with Crippen LogP contribution in [0.25, 0.3) is 11.1 Å². The molecule has 0 saturated heterocycles. The van der Waals surface area contributed by atoms with E-state index in [-0.39, 0.29) is 0 Å². The molecule has 0 spiro atoms. The Morgan fingerprint density at radius 1 is 0.938 bits per heavy atom. The summed E-state index contributed by atoms with van der Waals surface area (Å²) in [4.78, 5) is 0. The molecule has 1 nitrogen and oxygen atoms in total. The van der Waals surface area contributed by atoms with Crippen molar-refractivity contribution < 1.29 is 0 Å². The molecular weight excluding hydrogens is 241 g/mol. The van der Waals surface area contributed by atoms with E-state index in [4.69, 9.17) is 28.9 Å². The van der Waals surface area contributed by atoms with Gasteiger partial charge in [0.25, 0.3) is 0 Å². The molecule has 0 aliphatic rings. The summed E-state index contributed by atoms with van der Waals surface area (Å²) < 4.78 is 0. The highest BCUT2D eigenvalue weighted by Crippen LogP contribution is 2.32. The predicted octanol–water partition coefficient (Wildman–Crippen LogP) is 4.12. The van der Waals surface area contributed by atoms with Gasteiger partial charge in [0, 0.05) is 22.2 Å². The molecule has 0 aliphatic carbocycles. The van der Waals surface area contributed by atoms with Crippen molar-refractivity contribution in [2.75, 3.05) is 0 Å². The summed E-state index contributed by atoms with van der Waals surface area (Å²) >= 11 is 12.0. The van der Waals surface area contributed by atoms with Crippen LogP contribution in [-0.4, -0.2) is 0 Å². The third kappa shape index (κ3) is 2.22. The summed E-state index contributed by atoms with van der Waals surface area (Å²) in [5.74, 6) is 0. The molecule has 0 saturated carbocycles. The van der Waals surface area contributed by atoms with E-state index in [1.165, 1.54) is 0 Å². The summed E-state index contributed by atoms with van der Waals surface area (Å²) in [6.45, 7) is 0.495. The van der Waals surface area contributed by atoms with E-state index in [0.717, 1.165) is 16.7 Å². The van der Waals surface area contributed by atoms with Gasteiger partial charge in [-0.2, -0.15) is 0 Å². The average molecular weight is 252 g/mol. The van der Waals surface area contributed by atoms with Gasteiger partial charge in [-0.25, -0.2) is 0 Å². The fourth-order valence-corrected chi connectivity index (χ4v) is 2.18.